The minimum atomic E-state index is -4.14. The van der Waals surface area contributed by atoms with Crippen LogP contribution >= 0.6 is 34.8 Å². The van der Waals surface area contributed by atoms with Crippen molar-refractivity contribution in [2.24, 2.45) is 0 Å². The van der Waals surface area contributed by atoms with Crippen LogP contribution in [0.5, 0.6) is 0 Å². The van der Waals surface area contributed by atoms with Gasteiger partial charge in [-0.1, -0.05) is 46.9 Å². The van der Waals surface area contributed by atoms with Crippen LogP contribution in [0.2, 0.25) is 15.1 Å². The molecule has 1 saturated carbocycles. The molecule has 0 bridgehead atoms. The summed E-state index contributed by atoms with van der Waals surface area (Å²) in [6, 6.07) is 10.0. The van der Waals surface area contributed by atoms with E-state index >= 15 is 0 Å². The highest BCUT2D eigenvalue weighted by Crippen LogP contribution is 2.39. The van der Waals surface area contributed by atoms with E-state index in [0.717, 1.165) is 24.8 Å². The molecule has 2 aromatic rings. The second-order valence-corrected chi connectivity index (χ2v) is 13.5. The third-order valence-electron chi connectivity index (χ3n) is 7.93. The molecule has 202 valence electrons. The zero-order valence-corrected chi connectivity index (χ0v) is 23.6. The first-order valence-electron chi connectivity index (χ1n) is 12.7. The highest BCUT2D eigenvalue weighted by molar-refractivity contribution is 7.89. The maximum Gasteiger partial charge on any atom is 0.246 e. The number of sulfonamides is 1. The molecular weight excluding hydrogens is 571 g/mol. The number of likely N-dealkylation sites (tertiary alicyclic amines) is 1. The Morgan fingerprint density at radius 1 is 0.895 bits per heavy atom. The van der Waals surface area contributed by atoms with Crippen LogP contribution in [0.3, 0.4) is 0 Å². The van der Waals surface area contributed by atoms with Gasteiger partial charge in [-0.05, 0) is 55.2 Å². The Kier molecular flexibility index (Phi) is 6.90. The predicted octanol–water partition coefficient (Wildman–Crippen LogP) is 3.50. The Hall–Kier alpha value is -1.88. The fourth-order valence-corrected chi connectivity index (χ4v) is 8.26. The van der Waals surface area contributed by atoms with Gasteiger partial charge in [-0.25, -0.2) is 8.42 Å². The molecule has 3 unspecified atom stereocenters. The van der Waals surface area contributed by atoms with Crippen LogP contribution in [0, 0.1) is 0 Å². The van der Waals surface area contributed by atoms with Gasteiger partial charge in [0.15, 0.2) is 0 Å². The van der Waals surface area contributed by atoms with Crippen molar-refractivity contribution in [1.82, 2.24) is 19.0 Å². The van der Waals surface area contributed by atoms with Crippen LogP contribution < -0.4 is 0 Å². The fraction of sp³-hybridized carbons (Fsp3) is 0.462. The maximum atomic E-state index is 14.2. The van der Waals surface area contributed by atoms with Crippen LogP contribution in [0.4, 0.5) is 0 Å². The highest BCUT2D eigenvalue weighted by atomic mass is 35.5. The van der Waals surface area contributed by atoms with Crippen molar-refractivity contribution < 1.29 is 18.0 Å². The summed E-state index contributed by atoms with van der Waals surface area (Å²) < 4.78 is 29.7. The molecule has 4 aliphatic rings. The molecule has 8 nitrogen and oxygen atoms in total. The molecule has 0 N–H and O–H groups in total. The van der Waals surface area contributed by atoms with Gasteiger partial charge in [-0.3, -0.25) is 14.5 Å². The Bertz CT molecular complexity index is 1400. The molecule has 2 amide bonds. The highest BCUT2D eigenvalue weighted by Gasteiger charge is 2.56. The Balaban J connectivity index is 1.45. The van der Waals surface area contributed by atoms with Crippen molar-refractivity contribution in [2.75, 3.05) is 26.2 Å². The number of hydrogen-bond acceptors (Lipinski definition) is 5. The number of fused-ring (bicyclic) bond motifs is 1. The average Bonchev–Trinajstić information content (AvgIpc) is 3.66. The van der Waals surface area contributed by atoms with Crippen LogP contribution in [-0.2, 0) is 26.0 Å². The smallest absolute Gasteiger partial charge is 0.246 e. The molecule has 0 spiro atoms. The summed E-state index contributed by atoms with van der Waals surface area (Å²) in [7, 11) is -4.14. The van der Waals surface area contributed by atoms with Gasteiger partial charge in [0.25, 0.3) is 0 Å². The van der Waals surface area contributed by atoms with Gasteiger partial charge in [0.05, 0.1) is 11.6 Å². The van der Waals surface area contributed by atoms with E-state index in [0.29, 0.717) is 23.1 Å². The molecular formula is C26H27Cl3N4O4S. The van der Waals surface area contributed by atoms with Gasteiger partial charge >= 0.3 is 0 Å². The number of hydrogen-bond donors (Lipinski definition) is 0. The van der Waals surface area contributed by atoms with E-state index in [9.17, 15) is 18.0 Å². The van der Waals surface area contributed by atoms with Crippen molar-refractivity contribution >= 4 is 56.6 Å². The van der Waals surface area contributed by atoms with Gasteiger partial charge < -0.3 is 9.80 Å². The quantitative estimate of drug-likeness (QED) is 0.509. The zero-order chi connectivity index (χ0) is 26.8. The molecule has 3 aliphatic heterocycles. The summed E-state index contributed by atoms with van der Waals surface area (Å²) in [6.07, 6.45) is 2.06. The first-order chi connectivity index (χ1) is 18.1. The molecule has 3 atom stereocenters. The van der Waals surface area contributed by atoms with Crippen LogP contribution in [-0.4, -0.2) is 89.7 Å². The zero-order valence-electron chi connectivity index (χ0n) is 20.5. The molecule has 2 aromatic carbocycles. The molecule has 3 heterocycles. The molecule has 38 heavy (non-hydrogen) atoms. The topological polar surface area (TPSA) is 81.2 Å². The summed E-state index contributed by atoms with van der Waals surface area (Å²) in [5.74, 6) is -0.359. The summed E-state index contributed by atoms with van der Waals surface area (Å²) in [5.41, 5.74) is 0.807. The van der Waals surface area contributed by atoms with Crippen LogP contribution in [0.1, 0.15) is 24.8 Å². The lowest BCUT2D eigenvalue weighted by atomic mass is 9.96. The van der Waals surface area contributed by atoms with Crippen molar-refractivity contribution in [3.63, 3.8) is 0 Å². The lowest BCUT2D eigenvalue weighted by Crippen LogP contribution is -2.76. The van der Waals surface area contributed by atoms with Crippen molar-refractivity contribution in [3.8, 4) is 0 Å². The molecule has 0 aromatic heterocycles. The number of halogens is 3. The monoisotopic (exact) mass is 596 g/mol. The molecule has 6 rings (SSSR count). The number of nitrogens with zero attached hydrogens (tertiary/aromatic N) is 4. The number of amides is 2. The second kappa shape index (κ2) is 9.94. The van der Waals surface area contributed by atoms with E-state index < -0.39 is 28.3 Å². The number of benzene rings is 2. The van der Waals surface area contributed by atoms with Crippen molar-refractivity contribution in [2.45, 2.75) is 54.9 Å². The van der Waals surface area contributed by atoms with E-state index in [-0.39, 0.29) is 47.3 Å². The van der Waals surface area contributed by atoms with Gasteiger partial charge in [0, 0.05) is 42.1 Å². The second-order valence-electron chi connectivity index (χ2n) is 10.4. The fourth-order valence-electron chi connectivity index (χ4n) is 5.73. The van der Waals surface area contributed by atoms with Crippen LogP contribution in [0.25, 0.3) is 0 Å². The van der Waals surface area contributed by atoms with Crippen molar-refractivity contribution in [1.29, 1.82) is 0 Å². The van der Waals surface area contributed by atoms with E-state index in [4.69, 9.17) is 34.8 Å². The van der Waals surface area contributed by atoms with Gasteiger partial charge in [0.1, 0.15) is 23.1 Å². The summed E-state index contributed by atoms with van der Waals surface area (Å²) >= 11 is 18.7. The summed E-state index contributed by atoms with van der Waals surface area (Å²) in [4.78, 5) is 33.1. The minimum absolute atomic E-state index is 0.00211. The normalized spacial score (nSPS) is 26.9. The van der Waals surface area contributed by atoms with Gasteiger partial charge in [-0.2, -0.15) is 4.31 Å². The Labute approximate surface area is 237 Å². The lowest BCUT2D eigenvalue weighted by molar-refractivity contribution is -0.172. The maximum absolute atomic E-state index is 14.2. The first kappa shape index (κ1) is 26.3. The van der Waals surface area contributed by atoms with E-state index in [1.165, 1.54) is 27.4 Å². The largest absolute Gasteiger partial charge is 0.334 e. The SMILES string of the molecule is O=C1C(Cc2cccc(Cl)c2)N2C(=O)C(N3CCC3)CN(S(=O)(=O)c3ccc(Cl)cc3Cl)C2CN1C1CC1. The van der Waals surface area contributed by atoms with E-state index in [1.54, 1.807) is 23.1 Å². The minimum Gasteiger partial charge on any atom is -0.334 e. The Morgan fingerprint density at radius 2 is 1.63 bits per heavy atom. The van der Waals surface area contributed by atoms with Gasteiger partial charge in [0.2, 0.25) is 21.8 Å². The Morgan fingerprint density at radius 3 is 2.26 bits per heavy atom. The molecule has 0 radical (unpaired) electrons. The number of carbonyl (C=O) groups is 2. The third-order valence-corrected chi connectivity index (χ3v) is 10.7. The average molecular weight is 598 g/mol. The third kappa shape index (κ3) is 4.61. The van der Waals surface area contributed by atoms with Gasteiger partial charge in [-0.15, -0.1) is 0 Å². The number of piperazine rings is 1. The number of carbonyl (C=O) groups excluding carboxylic acids is 2. The predicted molar refractivity (Wildman–Crippen MR) is 145 cm³/mol. The summed E-state index contributed by atoms with van der Waals surface area (Å²) in [6.45, 7) is 1.52. The molecule has 4 fully saturated rings. The lowest BCUT2D eigenvalue weighted by Gasteiger charge is -2.55. The first-order valence-corrected chi connectivity index (χ1v) is 15.3. The molecule has 12 heteroatoms. The van der Waals surface area contributed by atoms with E-state index in [1.807, 2.05) is 11.0 Å². The van der Waals surface area contributed by atoms with Crippen molar-refractivity contribution in [3.05, 3.63) is 63.1 Å². The molecule has 3 saturated heterocycles. The van der Waals surface area contributed by atoms with Crippen LogP contribution in [0.15, 0.2) is 47.4 Å². The molecule has 1 aliphatic carbocycles. The summed E-state index contributed by atoms with van der Waals surface area (Å²) in [5, 5.41) is 0.877. The van der Waals surface area contributed by atoms with E-state index in [2.05, 4.69) is 0 Å². The number of rotatable bonds is 6. The standard InChI is InChI=1S/C26H27Cl3N4O4S/c27-17-4-1-3-16(11-17)12-21-25(34)31(19-6-7-19)15-24-32(14-22(26(35)33(21)24)30-9-2-10-30)38(36,37)23-8-5-18(28)13-20(23)29/h1,3-5,8,11,13,19,21-22,24H,2,6-7,9-10,12,14-15H2.